The van der Waals surface area contributed by atoms with Crippen molar-refractivity contribution >= 4 is 0 Å². The van der Waals surface area contributed by atoms with Gasteiger partial charge in [-0.1, -0.05) is 63.2 Å². The van der Waals surface area contributed by atoms with E-state index in [9.17, 15) is 4.39 Å². The Morgan fingerprint density at radius 1 is 0.857 bits per heavy atom. The second-order valence-electron chi connectivity index (χ2n) is 6.02. The quantitative estimate of drug-likeness (QED) is 0.804. The molecule has 0 aliphatic rings. The Labute approximate surface area is 127 Å². The molecule has 2 aromatic rings. The highest BCUT2D eigenvalue weighted by atomic mass is 19.1. The summed E-state index contributed by atoms with van der Waals surface area (Å²) in [5.74, 6) is 1.04. The smallest absolute Gasteiger partial charge is 0.123 e. The van der Waals surface area contributed by atoms with Gasteiger partial charge in [-0.25, -0.2) is 4.39 Å². The standard InChI is InChI=1S/C19H24FN/c1-14(2)15(3)13-21-19(16-7-5-4-6-8-16)17-9-11-18(20)12-10-17/h4-12,14-15,19,21H,13H2,1-3H3. The predicted octanol–water partition coefficient (Wildman–Crippen LogP) is 4.80. The summed E-state index contributed by atoms with van der Waals surface area (Å²) >= 11 is 0. The van der Waals surface area contributed by atoms with Crippen LogP contribution in [0.3, 0.4) is 0 Å². The second-order valence-corrected chi connectivity index (χ2v) is 6.02. The van der Waals surface area contributed by atoms with E-state index < -0.39 is 0 Å². The van der Waals surface area contributed by atoms with Crippen LogP contribution in [0.4, 0.5) is 4.39 Å². The third-order valence-corrected chi connectivity index (χ3v) is 4.12. The largest absolute Gasteiger partial charge is 0.306 e. The van der Waals surface area contributed by atoms with E-state index in [4.69, 9.17) is 0 Å². The molecule has 2 atom stereocenters. The van der Waals surface area contributed by atoms with Crippen molar-refractivity contribution in [1.82, 2.24) is 5.32 Å². The first-order valence-electron chi connectivity index (χ1n) is 7.61. The molecule has 0 saturated carbocycles. The number of hydrogen-bond donors (Lipinski definition) is 1. The molecular weight excluding hydrogens is 261 g/mol. The van der Waals surface area contributed by atoms with Gasteiger partial charge in [0.1, 0.15) is 5.82 Å². The molecule has 1 nitrogen and oxygen atoms in total. The molecule has 112 valence electrons. The van der Waals surface area contributed by atoms with Crippen LogP contribution < -0.4 is 5.32 Å². The van der Waals surface area contributed by atoms with Crippen molar-refractivity contribution in [2.24, 2.45) is 11.8 Å². The molecule has 2 unspecified atom stereocenters. The van der Waals surface area contributed by atoms with E-state index in [0.717, 1.165) is 12.1 Å². The summed E-state index contributed by atoms with van der Waals surface area (Å²) in [5, 5.41) is 3.63. The van der Waals surface area contributed by atoms with Gasteiger partial charge in [0.2, 0.25) is 0 Å². The lowest BCUT2D eigenvalue weighted by molar-refractivity contribution is 0.381. The predicted molar refractivity (Wildman–Crippen MR) is 86.7 cm³/mol. The maximum atomic E-state index is 13.2. The van der Waals surface area contributed by atoms with E-state index in [-0.39, 0.29) is 11.9 Å². The molecule has 0 radical (unpaired) electrons. The van der Waals surface area contributed by atoms with E-state index >= 15 is 0 Å². The van der Waals surface area contributed by atoms with Crippen molar-refractivity contribution in [1.29, 1.82) is 0 Å². The van der Waals surface area contributed by atoms with Gasteiger partial charge in [0.05, 0.1) is 6.04 Å². The van der Waals surface area contributed by atoms with Gasteiger partial charge in [-0.05, 0) is 41.6 Å². The average molecular weight is 285 g/mol. The molecule has 0 aromatic heterocycles. The number of benzene rings is 2. The first kappa shape index (κ1) is 15.7. The summed E-state index contributed by atoms with van der Waals surface area (Å²) < 4.78 is 13.2. The van der Waals surface area contributed by atoms with Crippen molar-refractivity contribution in [3.05, 3.63) is 71.5 Å². The molecule has 1 N–H and O–H groups in total. The van der Waals surface area contributed by atoms with Gasteiger partial charge in [-0.2, -0.15) is 0 Å². The highest BCUT2D eigenvalue weighted by molar-refractivity contribution is 5.31. The first-order chi connectivity index (χ1) is 10.1. The maximum Gasteiger partial charge on any atom is 0.123 e. The third-order valence-electron chi connectivity index (χ3n) is 4.12. The lowest BCUT2D eigenvalue weighted by Gasteiger charge is -2.24. The van der Waals surface area contributed by atoms with Crippen molar-refractivity contribution < 1.29 is 4.39 Å². The van der Waals surface area contributed by atoms with Crippen molar-refractivity contribution in [2.45, 2.75) is 26.8 Å². The molecule has 0 amide bonds. The minimum atomic E-state index is -0.193. The Kier molecular flexibility index (Phi) is 5.51. The lowest BCUT2D eigenvalue weighted by Crippen LogP contribution is -2.29. The van der Waals surface area contributed by atoms with Crippen LogP contribution in [-0.2, 0) is 0 Å². The van der Waals surface area contributed by atoms with E-state index in [2.05, 4.69) is 38.2 Å². The minimum Gasteiger partial charge on any atom is -0.306 e. The van der Waals surface area contributed by atoms with Gasteiger partial charge in [-0.15, -0.1) is 0 Å². The normalized spacial score (nSPS) is 14.1. The van der Waals surface area contributed by atoms with Gasteiger partial charge >= 0.3 is 0 Å². The second kappa shape index (κ2) is 7.37. The molecule has 0 spiro atoms. The number of rotatable bonds is 6. The highest BCUT2D eigenvalue weighted by Gasteiger charge is 2.15. The Balaban J connectivity index is 2.20. The molecule has 0 bridgehead atoms. The first-order valence-corrected chi connectivity index (χ1v) is 7.61. The van der Waals surface area contributed by atoms with Gasteiger partial charge in [-0.3, -0.25) is 0 Å². The van der Waals surface area contributed by atoms with Crippen LogP contribution in [-0.4, -0.2) is 6.54 Å². The summed E-state index contributed by atoms with van der Waals surface area (Å²) in [6, 6.07) is 17.2. The summed E-state index contributed by atoms with van der Waals surface area (Å²) in [6.45, 7) is 7.67. The van der Waals surface area contributed by atoms with Crippen LogP contribution >= 0.6 is 0 Å². The Morgan fingerprint density at radius 3 is 2.00 bits per heavy atom. The van der Waals surface area contributed by atoms with E-state index in [1.54, 1.807) is 0 Å². The topological polar surface area (TPSA) is 12.0 Å². The van der Waals surface area contributed by atoms with Gasteiger partial charge in [0, 0.05) is 0 Å². The van der Waals surface area contributed by atoms with E-state index in [1.165, 1.54) is 17.7 Å². The van der Waals surface area contributed by atoms with Crippen molar-refractivity contribution in [3.8, 4) is 0 Å². The molecule has 0 saturated heterocycles. The summed E-state index contributed by atoms with van der Waals surface area (Å²) in [6.07, 6.45) is 0. The zero-order valence-corrected chi connectivity index (χ0v) is 13.0. The van der Waals surface area contributed by atoms with Crippen molar-refractivity contribution in [2.75, 3.05) is 6.54 Å². The van der Waals surface area contributed by atoms with Gasteiger partial charge in [0.25, 0.3) is 0 Å². The number of halogens is 1. The highest BCUT2D eigenvalue weighted by Crippen LogP contribution is 2.23. The Bertz CT molecular complexity index is 533. The zero-order chi connectivity index (χ0) is 15.2. The van der Waals surface area contributed by atoms with Crippen LogP contribution in [0, 0.1) is 17.7 Å². The molecular formula is C19H24FN. The van der Waals surface area contributed by atoms with Crippen LogP contribution in [0.25, 0.3) is 0 Å². The summed E-state index contributed by atoms with van der Waals surface area (Å²) in [5.41, 5.74) is 2.30. The minimum absolute atomic E-state index is 0.105. The summed E-state index contributed by atoms with van der Waals surface area (Å²) in [4.78, 5) is 0. The van der Waals surface area contributed by atoms with E-state index in [1.807, 2.05) is 30.3 Å². The third kappa shape index (κ3) is 4.40. The van der Waals surface area contributed by atoms with Crippen molar-refractivity contribution in [3.63, 3.8) is 0 Å². The lowest BCUT2D eigenvalue weighted by atomic mass is 9.95. The van der Waals surface area contributed by atoms with Gasteiger partial charge < -0.3 is 5.32 Å². The zero-order valence-electron chi connectivity index (χ0n) is 13.0. The van der Waals surface area contributed by atoms with Crippen LogP contribution in [0.1, 0.15) is 37.9 Å². The number of nitrogens with one attached hydrogen (secondary N) is 1. The van der Waals surface area contributed by atoms with Crippen LogP contribution in [0.15, 0.2) is 54.6 Å². The summed E-state index contributed by atoms with van der Waals surface area (Å²) in [7, 11) is 0. The molecule has 2 rings (SSSR count). The SMILES string of the molecule is CC(C)C(C)CNC(c1ccccc1)c1ccc(F)cc1. The Morgan fingerprint density at radius 2 is 1.43 bits per heavy atom. The van der Waals surface area contributed by atoms with Gasteiger partial charge in [0.15, 0.2) is 0 Å². The molecule has 2 aromatic carbocycles. The average Bonchev–Trinajstić information content (AvgIpc) is 2.50. The maximum absolute atomic E-state index is 13.2. The fraction of sp³-hybridized carbons (Fsp3) is 0.368. The monoisotopic (exact) mass is 285 g/mol. The number of hydrogen-bond acceptors (Lipinski definition) is 1. The fourth-order valence-electron chi connectivity index (χ4n) is 2.27. The fourth-order valence-corrected chi connectivity index (χ4v) is 2.27. The molecule has 0 heterocycles. The van der Waals surface area contributed by atoms with Crippen LogP contribution in [0.5, 0.6) is 0 Å². The molecule has 0 aliphatic heterocycles. The molecule has 0 aliphatic carbocycles. The molecule has 0 fully saturated rings. The molecule has 21 heavy (non-hydrogen) atoms. The molecule has 2 heteroatoms. The Hall–Kier alpha value is -1.67. The van der Waals surface area contributed by atoms with Crippen LogP contribution in [0.2, 0.25) is 0 Å². The van der Waals surface area contributed by atoms with E-state index in [0.29, 0.717) is 11.8 Å².